The normalized spacial score (nSPS) is 10.5. The van der Waals surface area contributed by atoms with E-state index in [0.717, 1.165) is 13.0 Å². The molecule has 29 heavy (non-hydrogen) atoms. The van der Waals surface area contributed by atoms with Crippen molar-refractivity contribution in [1.29, 1.82) is 10.8 Å². The second-order valence-corrected chi connectivity index (χ2v) is 7.54. The van der Waals surface area contributed by atoms with Crippen LogP contribution in [0.15, 0.2) is 0 Å². The molecule has 0 bridgehead atoms. The van der Waals surface area contributed by atoms with Gasteiger partial charge in [0.2, 0.25) is 0 Å². The van der Waals surface area contributed by atoms with Crippen molar-refractivity contribution in [3.63, 3.8) is 0 Å². The monoisotopic (exact) mass is 455 g/mol. The second kappa shape index (κ2) is 29.5. The van der Waals surface area contributed by atoms with Gasteiger partial charge in [0.15, 0.2) is 11.9 Å². The first-order chi connectivity index (χ1) is 13.0. The van der Waals surface area contributed by atoms with Gasteiger partial charge in [0.1, 0.15) is 0 Å². The van der Waals surface area contributed by atoms with Crippen LogP contribution in [0, 0.1) is 16.7 Å². The first-order valence-electron chi connectivity index (χ1n) is 11.4. The van der Waals surface area contributed by atoms with Gasteiger partial charge in [-0.05, 0) is 12.3 Å². The van der Waals surface area contributed by atoms with Crippen molar-refractivity contribution in [3.05, 3.63) is 0 Å². The van der Waals surface area contributed by atoms with Gasteiger partial charge >= 0.3 is 0 Å². The van der Waals surface area contributed by atoms with Gasteiger partial charge in [0.05, 0.1) is 0 Å². The highest BCUT2D eigenvalue weighted by Gasteiger charge is 2.06. The van der Waals surface area contributed by atoms with Crippen LogP contribution in [0.5, 0.6) is 0 Å². The Hall–Kier alpha value is -0.680. The Morgan fingerprint density at radius 3 is 1.48 bits per heavy atom. The summed E-state index contributed by atoms with van der Waals surface area (Å²) in [4.78, 5) is 0. The van der Waals surface area contributed by atoms with Crippen molar-refractivity contribution >= 4 is 36.7 Å². The van der Waals surface area contributed by atoms with Crippen molar-refractivity contribution in [2.75, 3.05) is 6.54 Å². The molecule has 0 aliphatic carbocycles. The van der Waals surface area contributed by atoms with E-state index in [-0.39, 0.29) is 36.7 Å². The lowest BCUT2D eigenvalue weighted by Crippen LogP contribution is -2.44. The molecule has 0 aromatic carbocycles. The number of nitrogens with two attached hydrogens (primary N) is 1. The highest BCUT2D eigenvalue weighted by atomic mass is 35.5. The molecule has 1 atom stereocenters. The molecule has 0 rings (SSSR count). The quantitative estimate of drug-likeness (QED) is 0.104. The Morgan fingerprint density at radius 2 is 1.14 bits per heavy atom. The first-order valence-corrected chi connectivity index (χ1v) is 11.4. The van der Waals surface area contributed by atoms with Crippen LogP contribution in [0.1, 0.15) is 118 Å². The summed E-state index contributed by atoms with van der Waals surface area (Å²) in [5.41, 5.74) is 5.10. The average Bonchev–Trinajstić information content (AvgIpc) is 2.64. The van der Waals surface area contributed by atoms with Gasteiger partial charge < -0.3 is 11.1 Å². The Balaban J connectivity index is -0.000000206. The molecule has 6 N–H and O–H groups in total. The van der Waals surface area contributed by atoms with Crippen LogP contribution >= 0.6 is 24.8 Å². The first kappa shape index (κ1) is 35.7. The predicted octanol–water partition coefficient (Wildman–Crippen LogP) is 6.98. The summed E-state index contributed by atoms with van der Waals surface area (Å²) in [6, 6.07) is 0. The Bertz CT molecular complexity index is 331. The van der Waals surface area contributed by atoms with E-state index >= 15 is 0 Å². The minimum absolute atomic E-state index is 0. The fourth-order valence-electron chi connectivity index (χ4n) is 2.93. The van der Waals surface area contributed by atoms with E-state index in [9.17, 15) is 0 Å². The minimum Gasteiger partial charge on any atom is -0.370 e. The maximum Gasteiger partial charge on any atom is 0.195 e. The molecular weight excluding hydrogens is 405 g/mol. The molecule has 0 amide bonds. The Labute approximate surface area is 194 Å². The Kier molecular flexibility index (Phi) is 36.4. The van der Waals surface area contributed by atoms with Gasteiger partial charge in [-0.1, -0.05) is 111 Å². The third kappa shape index (κ3) is 32.2. The standard InChI is InChI=1S/C12H26.C10H23N5.2ClH/c1-3-5-7-9-11-12-10-8-6-4-2;1-3-5-6-8(4-2)7-14-10(13)15-9(11)12;;/h3-12H2,1-2H3;8H,3-7H2,1-2H3,(H6,11,12,13,14,15);2*1H. The van der Waals surface area contributed by atoms with E-state index in [1.165, 1.54) is 83.5 Å². The van der Waals surface area contributed by atoms with E-state index in [1.807, 2.05) is 0 Å². The van der Waals surface area contributed by atoms with E-state index in [4.69, 9.17) is 16.6 Å². The summed E-state index contributed by atoms with van der Waals surface area (Å²) in [6.45, 7) is 9.67. The average molecular weight is 457 g/mol. The van der Waals surface area contributed by atoms with Gasteiger partial charge in [-0.2, -0.15) is 0 Å². The van der Waals surface area contributed by atoms with Gasteiger partial charge in [-0.25, -0.2) is 0 Å². The fraction of sp³-hybridized carbons (Fsp3) is 0.909. The number of hydrogen-bond donors (Lipinski definition) is 5. The molecule has 0 aliphatic rings. The fourth-order valence-corrected chi connectivity index (χ4v) is 2.93. The zero-order chi connectivity index (χ0) is 20.8. The molecule has 0 aliphatic heterocycles. The second-order valence-electron chi connectivity index (χ2n) is 7.54. The largest absolute Gasteiger partial charge is 0.370 e. The third-order valence-corrected chi connectivity index (χ3v) is 4.83. The van der Waals surface area contributed by atoms with Crippen molar-refractivity contribution in [2.45, 2.75) is 118 Å². The number of hydrogen-bond acceptors (Lipinski definition) is 2. The highest BCUT2D eigenvalue weighted by Crippen LogP contribution is 2.11. The summed E-state index contributed by atoms with van der Waals surface area (Å²) in [5, 5.41) is 19.7. The predicted molar refractivity (Wildman–Crippen MR) is 136 cm³/mol. The lowest BCUT2D eigenvalue weighted by Gasteiger charge is -2.16. The van der Waals surface area contributed by atoms with Gasteiger partial charge in [-0.15, -0.1) is 24.8 Å². The molecule has 5 nitrogen and oxygen atoms in total. The van der Waals surface area contributed by atoms with E-state index < -0.39 is 0 Å². The SMILES string of the molecule is CCCCC(CC)CNC(=N)NC(=N)N.CCCCCCCCCCCC.Cl.Cl. The van der Waals surface area contributed by atoms with E-state index in [1.54, 1.807) is 0 Å². The van der Waals surface area contributed by atoms with Crippen LogP contribution < -0.4 is 16.4 Å². The maximum atomic E-state index is 7.42. The van der Waals surface area contributed by atoms with Crippen LogP contribution in [-0.4, -0.2) is 18.5 Å². The van der Waals surface area contributed by atoms with Crippen LogP contribution in [0.3, 0.4) is 0 Å². The molecular formula is C22H51Cl2N5. The number of unbranched alkanes of at least 4 members (excludes halogenated alkanes) is 10. The van der Waals surface area contributed by atoms with Crippen LogP contribution in [0.25, 0.3) is 0 Å². The smallest absolute Gasteiger partial charge is 0.195 e. The number of rotatable bonds is 15. The zero-order valence-electron chi connectivity index (χ0n) is 19.6. The molecule has 0 aromatic rings. The molecule has 1 unspecified atom stereocenters. The summed E-state index contributed by atoms with van der Waals surface area (Å²) in [7, 11) is 0. The molecule has 0 saturated heterocycles. The zero-order valence-corrected chi connectivity index (χ0v) is 21.2. The van der Waals surface area contributed by atoms with Crippen LogP contribution in [0.4, 0.5) is 0 Å². The summed E-state index contributed by atoms with van der Waals surface area (Å²) in [6.07, 6.45) is 19.2. The van der Waals surface area contributed by atoms with Crippen LogP contribution in [-0.2, 0) is 0 Å². The lowest BCUT2D eigenvalue weighted by atomic mass is 9.99. The van der Waals surface area contributed by atoms with E-state index in [0.29, 0.717) is 5.92 Å². The summed E-state index contributed by atoms with van der Waals surface area (Å²) < 4.78 is 0. The Morgan fingerprint density at radius 1 is 0.724 bits per heavy atom. The molecule has 0 saturated carbocycles. The van der Waals surface area contributed by atoms with Crippen molar-refractivity contribution in [3.8, 4) is 0 Å². The summed E-state index contributed by atoms with van der Waals surface area (Å²) >= 11 is 0. The number of guanidine groups is 2. The molecule has 178 valence electrons. The molecule has 0 heterocycles. The van der Waals surface area contributed by atoms with Crippen molar-refractivity contribution < 1.29 is 0 Å². The van der Waals surface area contributed by atoms with Crippen molar-refractivity contribution in [2.24, 2.45) is 11.7 Å². The maximum absolute atomic E-state index is 7.42. The molecule has 0 spiro atoms. The summed E-state index contributed by atoms with van der Waals surface area (Å²) in [5.74, 6) is 0.505. The van der Waals surface area contributed by atoms with E-state index in [2.05, 4.69) is 38.3 Å². The van der Waals surface area contributed by atoms with Crippen molar-refractivity contribution in [1.82, 2.24) is 10.6 Å². The molecule has 0 fully saturated rings. The third-order valence-electron chi connectivity index (χ3n) is 4.83. The molecule has 0 aromatic heterocycles. The molecule has 0 radical (unpaired) electrons. The molecule has 7 heteroatoms. The van der Waals surface area contributed by atoms with Gasteiger partial charge in [0.25, 0.3) is 0 Å². The number of halogens is 2. The number of nitrogens with one attached hydrogen (secondary N) is 4. The van der Waals surface area contributed by atoms with Crippen LogP contribution in [0.2, 0.25) is 0 Å². The van der Waals surface area contributed by atoms with Gasteiger partial charge in [-0.3, -0.25) is 16.1 Å². The lowest BCUT2D eigenvalue weighted by molar-refractivity contribution is 0.444. The van der Waals surface area contributed by atoms with Gasteiger partial charge in [0, 0.05) is 6.54 Å². The topological polar surface area (TPSA) is 97.8 Å². The minimum atomic E-state index is -0.200. The highest BCUT2D eigenvalue weighted by molar-refractivity contribution is 5.94.